The van der Waals surface area contributed by atoms with Gasteiger partial charge in [-0.15, -0.1) is 0 Å². The first-order valence-corrected chi connectivity index (χ1v) is 10.9. The first kappa shape index (κ1) is 22.8. The van der Waals surface area contributed by atoms with Gasteiger partial charge in [0.2, 0.25) is 5.91 Å². The maximum Gasteiger partial charge on any atom is 0.329 e. The summed E-state index contributed by atoms with van der Waals surface area (Å²) in [5.41, 5.74) is 4.55. The van der Waals surface area contributed by atoms with Crippen LogP contribution in [0.15, 0.2) is 78.5 Å². The minimum atomic E-state index is -0.645. The second-order valence-corrected chi connectivity index (χ2v) is 8.11. The van der Waals surface area contributed by atoms with E-state index in [1.807, 2.05) is 62.4 Å². The van der Waals surface area contributed by atoms with E-state index in [0.29, 0.717) is 23.6 Å². The molecule has 1 heterocycles. The zero-order valence-corrected chi connectivity index (χ0v) is 19.0. The maximum atomic E-state index is 12.8. The van der Waals surface area contributed by atoms with Gasteiger partial charge in [0.25, 0.3) is 5.91 Å². The lowest BCUT2D eigenvalue weighted by molar-refractivity contribution is -0.127. The van der Waals surface area contributed by atoms with E-state index < -0.39 is 17.8 Å². The predicted molar refractivity (Wildman–Crippen MR) is 130 cm³/mol. The van der Waals surface area contributed by atoms with E-state index in [2.05, 4.69) is 10.6 Å². The van der Waals surface area contributed by atoms with Crippen LogP contribution in [0.4, 0.5) is 10.5 Å². The number of imide groups is 1. The Labute approximate surface area is 198 Å². The number of anilines is 1. The molecule has 7 nitrogen and oxygen atoms in total. The topological polar surface area (TPSA) is 87.7 Å². The van der Waals surface area contributed by atoms with Gasteiger partial charge in [0.15, 0.2) is 0 Å². The van der Waals surface area contributed by atoms with Crippen LogP contribution in [-0.4, -0.2) is 29.3 Å². The number of carbonyl (C=O) groups excluding carboxylic acids is 3. The van der Waals surface area contributed by atoms with Gasteiger partial charge >= 0.3 is 6.03 Å². The molecule has 1 saturated heterocycles. The quantitative estimate of drug-likeness (QED) is 0.408. The molecule has 0 atom stereocenters. The molecular weight excluding hydrogens is 430 g/mol. The molecule has 1 aliphatic rings. The third-order valence-corrected chi connectivity index (χ3v) is 5.30. The summed E-state index contributed by atoms with van der Waals surface area (Å²) in [6.45, 7) is 3.94. The number of hydrogen-bond acceptors (Lipinski definition) is 4. The minimum absolute atomic E-state index is 0.0831. The molecule has 3 aromatic carbocycles. The van der Waals surface area contributed by atoms with E-state index in [0.717, 1.165) is 21.6 Å². The molecule has 3 aromatic rings. The normalized spacial score (nSPS) is 14.3. The molecule has 0 unspecified atom stereocenters. The van der Waals surface area contributed by atoms with E-state index >= 15 is 0 Å². The van der Waals surface area contributed by atoms with Crippen molar-refractivity contribution >= 4 is 29.6 Å². The zero-order chi connectivity index (χ0) is 24.1. The second-order valence-electron chi connectivity index (χ2n) is 8.11. The fraction of sp³-hybridized carbons (Fsp3) is 0.148. The smallest absolute Gasteiger partial charge is 0.329 e. The van der Waals surface area contributed by atoms with Gasteiger partial charge < -0.3 is 15.4 Å². The first-order valence-electron chi connectivity index (χ1n) is 10.9. The second kappa shape index (κ2) is 10.0. The molecule has 0 aromatic heterocycles. The Morgan fingerprint density at radius 2 is 1.74 bits per heavy atom. The van der Waals surface area contributed by atoms with Crippen LogP contribution in [0.5, 0.6) is 5.75 Å². The molecule has 0 spiro atoms. The van der Waals surface area contributed by atoms with Crippen LogP contribution < -0.4 is 15.4 Å². The molecule has 7 heteroatoms. The van der Waals surface area contributed by atoms with E-state index in [1.54, 1.807) is 30.3 Å². The highest BCUT2D eigenvalue weighted by atomic mass is 16.5. The Morgan fingerprint density at radius 1 is 0.971 bits per heavy atom. The Morgan fingerprint density at radius 3 is 2.50 bits per heavy atom. The third kappa shape index (κ3) is 5.50. The first-order chi connectivity index (χ1) is 16.4. The largest absolute Gasteiger partial charge is 0.488 e. The fourth-order valence-electron chi connectivity index (χ4n) is 3.55. The number of ether oxygens (including phenoxy) is 1. The Balaban J connectivity index is 1.44. The molecule has 4 rings (SSSR count). The molecular formula is C27H25N3O4. The van der Waals surface area contributed by atoms with Crippen molar-refractivity contribution < 1.29 is 19.1 Å². The van der Waals surface area contributed by atoms with Gasteiger partial charge in [-0.1, -0.05) is 65.7 Å². The highest BCUT2D eigenvalue weighted by molar-refractivity contribution is 6.16. The molecule has 34 heavy (non-hydrogen) atoms. The van der Waals surface area contributed by atoms with Crippen LogP contribution >= 0.6 is 0 Å². The van der Waals surface area contributed by atoms with E-state index in [-0.39, 0.29) is 12.2 Å². The highest BCUT2D eigenvalue weighted by Crippen LogP contribution is 2.24. The number of amides is 4. The zero-order valence-electron chi connectivity index (χ0n) is 19.0. The summed E-state index contributed by atoms with van der Waals surface area (Å²) < 4.78 is 5.97. The number of hydrogen-bond donors (Lipinski definition) is 2. The molecule has 0 saturated carbocycles. The number of aryl methyl sites for hydroxylation is 2. The fourth-order valence-corrected chi connectivity index (χ4v) is 3.55. The minimum Gasteiger partial charge on any atom is -0.488 e. The van der Waals surface area contributed by atoms with Crippen molar-refractivity contribution in [2.24, 2.45) is 0 Å². The molecule has 1 aliphatic heterocycles. The van der Waals surface area contributed by atoms with E-state index in [4.69, 9.17) is 4.74 Å². The maximum absolute atomic E-state index is 12.8. The summed E-state index contributed by atoms with van der Waals surface area (Å²) in [4.78, 5) is 38.5. The van der Waals surface area contributed by atoms with Crippen molar-refractivity contribution in [2.45, 2.75) is 20.5 Å². The van der Waals surface area contributed by atoms with Crippen LogP contribution in [0, 0.1) is 13.8 Å². The van der Waals surface area contributed by atoms with Crippen molar-refractivity contribution in [3.8, 4) is 5.75 Å². The third-order valence-electron chi connectivity index (χ3n) is 5.30. The predicted octanol–water partition coefficient (Wildman–Crippen LogP) is 4.41. The molecule has 4 amide bonds. The summed E-state index contributed by atoms with van der Waals surface area (Å²) in [6, 6.07) is 21.9. The summed E-state index contributed by atoms with van der Waals surface area (Å²) in [5.74, 6) is -0.456. The van der Waals surface area contributed by atoms with E-state index in [1.165, 1.54) is 0 Å². The van der Waals surface area contributed by atoms with Crippen molar-refractivity contribution in [1.29, 1.82) is 0 Å². The number of para-hydroxylation sites is 1. The average Bonchev–Trinajstić information content (AvgIpc) is 3.07. The van der Waals surface area contributed by atoms with Crippen molar-refractivity contribution in [3.05, 3.63) is 101 Å². The lowest BCUT2D eigenvalue weighted by Crippen LogP contribution is -2.38. The Hall–Kier alpha value is -4.39. The summed E-state index contributed by atoms with van der Waals surface area (Å²) in [6.07, 6.45) is 1.56. The molecule has 172 valence electrons. The summed E-state index contributed by atoms with van der Waals surface area (Å²) in [7, 11) is 0. The van der Waals surface area contributed by atoms with Gasteiger partial charge in [-0.3, -0.25) is 9.59 Å². The number of carbonyl (C=O) groups is 3. The number of rotatable bonds is 7. The van der Waals surface area contributed by atoms with Crippen LogP contribution in [0.25, 0.3) is 6.08 Å². The van der Waals surface area contributed by atoms with Crippen molar-refractivity contribution in [2.75, 3.05) is 11.9 Å². The summed E-state index contributed by atoms with van der Waals surface area (Å²) >= 11 is 0. The van der Waals surface area contributed by atoms with Gasteiger partial charge in [0.1, 0.15) is 24.6 Å². The van der Waals surface area contributed by atoms with Crippen LogP contribution in [0.3, 0.4) is 0 Å². The number of benzene rings is 3. The molecule has 0 bridgehead atoms. The van der Waals surface area contributed by atoms with Crippen molar-refractivity contribution in [1.82, 2.24) is 10.2 Å². The number of nitrogens with one attached hydrogen (secondary N) is 2. The number of urea groups is 1. The Kier molecular flexibility index (Phi) is 6.73. The molecule has 2 N–H and O–H groups in total. The summed E-state index contributed by atoms with van der Waals surface area (Å²) in [5, 5.41) is 5.25. The van der Waals surface area contributed by atoms with Crippen LogP contribution in [0.2, 0.25) is 0 Å². The molecule has 0 aliphatic carbocycles. The van der Waals surface area contributed by atoms with Crippen LogP contribution in [0.1, 0.15) is 22.3 Å². The SMILES string of the molecule is Cc1ccc(NC(=O)CN2C(=O)N/C(=C/c3ccccc3OCc3cccc(C)c3)C2=O)cc1. The monoisotopic (exact) mass is 455 g/mol. The standard InChI is InChI=1S/C27H25N3O4/c1-18-10-12-22(13-11-18)28-25(31)16-30-26(32)23(29-27(30)33)15-21-8-3-4-9-24(21)34-17-20-7-5-6-19(2)14-20/h3-15H,16-17H2,1-2H3,(H,28,31)(H,29,33)/b23-15+. The van der Waals surface area contributed by atoms with Gasteiger partial charge in [0, 0.05) is 11.3 Å². The van der Waals surface area contributed by atoms with Gasteiger partial charge in [-0.05, 0) is 43.7 Å². The highest BCUT2D eigenvalue weighted by Gasteiger charge is 2.35. The van der Waals surface area contributed by atoms with Crippen LogP contribution in [-0.2, 0) is 16.2 Å². The molecule has 1 fully saturated rings. The van der Waals surface area contributed by atoms with Crippen molar-refractivity contribution in [3.63, 3.8) is 0 Å². The van der Waals surface area contributed by atoms with Gasteiger partial charge in [0.05, 0.1) is 0 Å². The lowest BCUT2D eigenvalue weighted by atomic mass is 10.1. The Bertz CT molecular complexity index is 1260. The van der Waals surface area contributed by atoms with E-state index in [9.17, 15) is 14.4 Å². The lowest BCUT2D eigenvalue weighted by Gasteiger charge is -2.12. The van der Waals surface area contributed by atoms with Gasteiger partial charge in [-0.2, -0.15) is 0 Å². The average molecular weight is 456 g/mol. The van der Waals surface area contributed by atoms with Gasteiger partial charge in [-0.25, -0.2) is 9.69 Å². The number of nitrogens with zero attached hydrogens (tertiary/aromatic N) is 1. The molecule has 0 radical (unpaired) electrons.